The number of nitriles is 1. The summed E-state index contributed by atoms with van der Waals surface area (Å²) in [7, 11) is 0. The Morgan fingerprint density at radius 3 is 2.77 bits per heavy atom. The molecule has 2 N–H and O–H groups in total. The van der Waals surface area contributed by atoms with Crippen molar-refractivity contribution in [3.05, 3.63) is 51.5 Å². The second kappa shape index (κ2) is 6.44. The summed E-state index contributed by atoms with van der Waals surface area (Å²) in [5.74, 6) is -1.11. The van der Waals surface area contributed by atoms with Crippen LogP contribution in [0.15, 0.2) is 29.6 Å². The van der Waals surface area contributed by atoms with Gasteiger partial charge >= 0.3 is 0 Å². The van der Waals surface area contributed by atoms with Crippen LogP contribution in [-0.2, 0) is 0 Å². The van der Waals surface area contributed by atoms with Crippen LogP contribution in [0.25, 0.3) is 0 Å². The van der Waals surface area contributed by atoms with E-state index in [4.69, 9.17) is 5.26 Å². The Bertz CT molecular complexity index is 690. The smallest absolute Gasteiger partial charge is 0.166 e. The Kier molecular flexibility index (Phi) is 4.39. The minimum absolute atomic E-state index is 0.224. The zero-order valence-electron chi connectivity index (χ0n) is 11.9. The van der Waals surface area contributed by atoms with Crippen molar-refractivity contribution < 1.29 is 9.50 Å². The van der Waals surface area contributed by atoms with Crippen LogP contribution >= 0.6 is 11.3 Å². The summed E-state index contributed by atoms with van der Waals surface area (Å²) in [5, 5.41) is 24.5. The molecule has 1 aliphatic rings. The Balaban J connectivity index is 2.10. The van der Waals surface area contributed by atoms with Gasteiger partial charge in [-0.1, -0.05) is 6.07 Å². The van der Waals surface area contributed by atoms with Crippen LogP contribution in [0.4, 0.5) is 4.39 Å². The Hall–Kier alpha value is -1.94. The first-order chi connectivity index (χ1) is 10.7. The van der Waals surface area contributed by atoms with Crippen LogP contribution in [0.5, 0.6) is 5.75 Å². The molecule has 6 heteroatoms. The van der Waals surface area contributed by atoms with Gasteiger partial charge in [-0.3, -0.25) is 4.90 Å². The number of hydrogen-bond donors (Lipinski definition) is 2. The third kappa shape index (κ3) is 2.83. The second-order valence-corrected chi connectivity index (χ2v) is 6.19. The molecular weight excluding hydrogens is 301 g/mol. The highest BCUT2D eigenvalue weighted by atomic mass is 32.1. The number of nitrogens with zero attached hydrogens (tertiary/aromatic N) is 2. The highest BCUT2D eigenvalue weighted by Gasteiger charge is 2.28. The van der Waals surface area contributed by atoms with Gasteiger partial charge in [-0.2, -0.15) is 5.26 Å². The number of benzene rings is 1. The first-order valence-electron chi connectivity index (χ1n) is 7.11. The molecule has 114 valence electrons. The van der Waals surface area contributed by atoms with Crippen LogP contribution in [0.3, 0.4) is 0 Å². The highest BCUT2D eigenvalue weighted by Crippen LogP contribution is 2.38. The van der Waals surface area contributed by atoms with Gasteiger partial charge in [0, 0.05) is 36.6 Å². The Morgan fingerprint density at radius 1 is 1.36 bits per heavy atom. The summed E-state index contributed by atoms with van der Waals surface area (Å²) in [5.41, 5.74) is 0.683. The van der Waals surface area contributed by atoms with Gasteiger partial charge in [0.2, 0.25) is 0 Å². The van der Waals surface area contributed by atoms with Gasteiger partial charge in [-0.25, -0.2) is 4.39 Å². The molecule has 0 aliphatic carbocycles. The lowest BCUT2D eigenvalue weighted by molar-refractivity contribution is 0.197. The van der Waals surface area contributed by atoms with E-state index in [0.29, 0.717) is 5.56 Å². The fraction of sp³-hybridized carbons (Fsp3) is 0.312. The van der Waals surface area contributed by atoms with Crippen molar-refractivity contribution in [1.29, 1.82) is 5.26 Å². The second-order valence-electron chi connectivity index (χ2n) is 5.21. The van der Waals surface area contributed by atoms with Crippen molar-refractivity contribution in [1.82, 2.24) is 10.2 Å². The van der Waals surface area contributed by atoms with Gasteiger partial charge in [0.15, 0.2) is 11.6 Å². The molecular formula is C16H16FN3OS. The average Bonchev–Trinajstić information content (AvgIpc) is 3.06. The van der Waals surface area contributed by atoms with Crippen molar-refractivity contribution in [3.8, 4) is 11.8 Å². The molecule has 1 aromatic carbocycles. The number of phenols is 1. The average molecular weight is 317 g/mol. The number of nitrogens with one attached hydrogen (secondary N) is 1. The summed E-state index contributed by atoms with van der Waals surface area (Å²) in [6.45, 7) is 3.31. The zero-order chi connectivity index (χ0) is 15.5. The molecule has 0 spiro atoms. The lowest BCUT2D eigenvalue weighted by Gasteiger charge is -2.35. The van der Waals surface area contributed by atoms with Crippen molar-refractivity contribution in [2.45, 2.75) is 6.04 Å². The number of aromatic hydroxyl groups is 1. The third-order valence-corrected chi connectivity index (χ3v) is 4.77. The van der Waals surface area contributed by atoms with Gasteiger partial charge in [0.25, 0.3) is 0 Å². The maximum atomic E-state index is 14.0. The SMILES string of the molecule is N#Cc1cc(F)c(O)c([C@@H](c2cccs2)N2CCNCC2)c1. The maximum absolute atomic E-state index is 14.0. The molecule has 1 atom stereocenters. The molecule has 2 aromatic rings. The van der Waals surface area contributed by atoms with E-state index < -0.39 is 5.82 Å². The molecule has 1 saturated heterocycles. The quantitative estimate of drug-likeness (QED) is 0.913. The van der Waals surface area contributed by atoms with Gasteiger partial charge < -0.3 is 10.4 Å². The van der Waals surface area contributed by atoms with Gasteiger partial charge in [0.05, 0.1) is 17.7 Å². The van der Waals surface area contributed by atoms with Crippen molar-refractivity contribution in [3.63, 3.8) is 0 Å². The number of phenolic OH excluding ortho intramolecular Hbond substituents is 1. The lowest BCUT2D eigenvalue weighted by atomic mass is 9.99. The molecule has 4 nitrogen and oxygen atoms in total. The Labute approximate surface area is 132 Å². The predicted octanol–water partition coefficient (Wildman–Crippen LogP) is 2.46. The zero-order valence-corrected chi connectivity index (χ0v) is 12.7. The molecule has 2 heterocycles. The van der Waals surface area contributed by atoms with E-state index in [1.165, 1.54) is 0 Å². The predicted molar refractivity (Wildman–Crippen MR) is 83.4 cm³/mol. The molecule has 3 rings (SSSR count). The molecule has 1 fully saturated rings. The van der Waals surface area contributed by atoms with Crippen LogP contribution in [0.2, 0.25) is 0 Å². The highest BCUT2D eigenvalue weighted by molar-refractivity contribution is 7.10. The van der Waals surface area contributed by atoms with E-state index in [-0.39, 0.29) is 17.4 Å². The summed E-state index contributed by atoms with van der Waals surface area (Å²) in [6.07, 6.45) is 0. The molecule has 0 saturated carbocycles. The van der Waals surface area contributed by atoms with Crippen LogP contribution in [0, 0.1) is 17.1 Å². The number of thiophene rings is 1. The number of piperazine rings is 1. The van der Waals surface area contributed by atoms with E-state index in [1.54, 1.807) is 17.4 Å². The van der Waals surface area contributed by atoms with E-state index in [9.17, 15) is 9.50 Å². The van der Waals surface area contributed by atoms with Crippen molar-refractivity contribution in [2.75, 3.05) is 26.2 Å². The van der Waals surface area contributed by atoms with Crippen LogP contribution in [0.1, 0.15) is 22.0 Å². The van der Waals surface area contributed by atoms with Crippen LogP contribution < -0.4 is 5.32 Å². The van der Waals surface area contributed by atoms with E-state index in [0.717, 1.165) is 37.1 Å². The summed E-state index contributed by atoms with van der Waals surface area (Å²) in [6, 6.07) is 8.31. The molecule has 0 amide bonds. The first kappa shape index (κ1) is 15.0. The van der Waals surface area contributed by atoms with Gasteiger partial charge in [0.1, 0.15) is 0 Å². The molecule has 1 aromatic heterocycles. The lowest BCUT2D eigenvalue weighted by Crippen LogP contribution is -2.45. The number of halogens is 1. The van der Waals surface area contributed by atoms with E-state index in [1.807, 2.05) is 23.6 Å². The standard InChI is InChI=1S/C16H16FN3OS/c17-13-9-11(10-18)8-12(16(13)21)15(14-2-1-7-22-14)20-5-3-19-4-6-20/h1-2,7-9,15,19,21H,3-6H2/t15-/m0/s1. The van der Waals surface area contributed by atoms with Gasteiger partial charge in [-0.05, 0) is 23.6 Å². The molecule has 0 radical (unpaired) electrons. The summed E-state index contributed by atoms with van der Waals surface area (Å²) >= 11 is 1.57. The summed E-state index contributed by atoms with van der Waals surface area (Å²) in [4.78, 5) is 3.24. The van der Waals surface area contributed by atoms with Crippen molar-refractivity contribution >= 4 is 11.3 Å². The fourth-order valence-electron chi connectivity index (χ4n) is 2.81. The first-order valence-corrected chi connectivity index (χ1v) is 7.99. The minimum Gasteiger partial charge on any atom is -0.505 e. The van der Waals surface area contributed by atoms with Gasteiger partial charge in [-0.15, -0.1) is 11.3 Å². The molecule has 0 bridgehead atoms. The normalized spacial score (nSPS) is 17.1. The monoisotopic (exact) mass is 317 g/mol. The summed E-state index contributed by atoms with van der Waals surface area (Å²) < 4.78 is 14.0. The number of hydrogen-bond acceptors (Lipinski definition) is 5. The third-order valence-electron chi connectivity index (χ3n) is 3.85. The number of rotatable bonds is 3. The topological polar surface area (TPSA) is 59.3 Å². The van der Waals surface area contributed by atoms with E-state index in [2.05, 4.69) is 10.2 Å². The molecule has 22 heavy (non-hydrogen) atoms. The fourth-order valence-corrected chi connectivity index (χ4v) is 3.69. The molecule has 0 unspecified atom stereocenters. The Morgan fingerprint density at radius 2 is 2.14 bits per heavy atom. The molecule has 1 aliphatic heterocycles. The van der Waals surface area contributed by atoms with Crippen LogP contribution in [-0.4, -0.2) is 36.2 Å². The largest absolute Gasteiger partial charge is 0.505 e. The van der Waals surface area contributed by atoms with E-state index >= 15 is 0 Å². The maximum Gasteiger partial charge on any atom is 0.166 e. The minimum atomic E-state index is -0.745. The van der Waals surface area contributed by atoms with Crippen molar-refractivity contribution in [2.24, 2.45) is 0 Å².